The number of nitrogens with zero attached hydrogens (tertiary/aromatic N) is 4. The average Bonchev–Trinajstić information content (AvgIpc) is 3.38. The molecule has 2 aliphatic rings. The zero-order valence-corrected chi connectivity index (χ0v) is 20.3. The van der Waals surface area contributed by atoms with E-state index in [2.05, 4.69) is 30.3 Å². The minimum Gasteiger partial charge on any atom is -0.379 e. The van der Waals surface area contributed by atoms with Crippen LogP contribution in [-0.4, -0.2) is 65.5 Å². The maximum absolute atomic E-state index is 5.47. The van der Waals surface area contributed by atoms with Crippen LogP contribution in [0.15, 0.2) is 5.16 Å². The van der Waals surface area contributed by atoms with E-state index in [-0.39, 0.29) is 0 Å². The van der Waals surface area contributed by atoms with E-state index < -0.39 is 0 Å². The van der Waals surface area contributed by atoms with Gasteiger partial charge in [-0.15, -0.1) is 11.3 Å². The number of thiophene rings is 1. The predicted molar refractivity (Wildman–Crippen MR) is 131 cm³/mol. The lowest BCUT2D eigenvalue weighted by atomic mass is 9.99. The van der Waals surface area contributed by atoms with Crippen molar-refractivity contribution >= 4 is 49.3 Å². The van der Waals surface area contributed by atoms with Crippen molar-refractivity contribution in [1.82, 2.24) is 19.9 Å². The molecule has 5 rings (SSSR count). The van der Waals surface area contributed by atoms with Gasteiger partial charge in [-0.2, -0.15) is 0 Å². The number of thioether (sulfide) groups is 1. The summed E-state index contributed by atoms with van der Waals surface area (Å²) in [5.41, 5.74) is 5.39. The first-order valence-electron chi connectivity index (χ1n) is 11.4. The fourth-order valence-corrected chi connectivity index (χ4v) is 6.24. The van der Waals surface area contributed by atoms with Gasteiger partial charge in [0, 0.05) is 37.3 Å². The molecule has 0 atom stereocenters. The molecule has 3 aromatic rings. The molecule has 31 heavy (non-hydrogen) atoms. The molecule has 1 aliphatic carbocycles. The fourth-order valence-electron chi connectivity index (χ4n) is 4.75. The third-order valence-electron chi connectivity index (χ3n) is 6.21. The van der Waals surface area contributed by atoms with E-state index in [1.54, 1.807) is 23.1 Å². The zero-order chi connectivity index (χ0) is 21.4. The normalized spacial score (nSPS) is 17.2. The minimum atomic E-state index is 0.615. The maximum Gasteiger partial charge on any atom is 0.189 e. The van der Waals surface area contributed by atoms with Crippen molar-refractivity contribution in [2.75, 3.05) is 51.0 Å². The molecule has 6 nitrogen and oxygen atoms in total. The summed E-state index contributed by atoms with van der Waals surface area (Å²) >= 11 is 3.37. The molecule has 0 unspecified atom stereocenters. The largest absolute Gasteiger partial charge is 0.379 e. The van der Waals surface area contributed by atoms with Crippen molar-refractivity contribution in [2.24, 2.45) is 5.92 Å². The molecule has 3 aromatic heterocycles. The van der Waals surface area contributed by atoms with Gasteiger partial charge in [0.1, 0.15) is 10.6 Å². The van der Waals surface area contributed by atoms with Crippen molar-refractivity contribution in [2.45, 2.75) is 44.7 Å². The van der Waals surface area contributed by atoms with Crippen LogP contribution in [0, 0.1) is 5.92 Å². The van der Waals surface area contributed by atoms with E-state index in [9.17, 15) is 0 Å². The van der Waals surface area contributed by atoms with Crippen LogP contribution < -0.4 is 5.32 Å². The molecule has 4 heterocycles. The average molecular weight is 458 g/mol. The quantitative estimate of drug-likeness (QED) is 0.417. The minimum absolute atomic E-state index is 0.615. The first-order chi connectivity index (χ1) is 15.1. The third kappa shape index (κ3) is 4.27. The summed E-state index contributed by atoms with van der Waals surface area (Å²) < 4.78 is 6.62. The monoisotopic (exact) mass is 457 g/mol. The number of pyridine rings is 1. The van der Waals surface area contributed by atoms with Crippen LogP contribution in [0.1, 0.15) is 37.1 Å². The van der Waals surface area contributed by atoms with Crippen LogP contribution >= 0.6 is 23.1 Å². The van der Waals surface area contributed by atoms with Crippen molar-refractivity contribution in [1.29, 1.82) is 0 Å². The Labute approximate surface area is 192 Å². The Morgan fingerprint density at radius 1 is 1.13 bits per heavy atom. The molecule has 0 saturated carbocycles. The molecular weight excluding hydrogens is 426 g/mol. The van der Waals surface area contributed by atoms with Gasteiger partial charge in [-0.3, -0.25) is 4.90 Å². The van der Waals surface area contributed by atoms with Crippen molar-refractivity contribution in [3.05, 3.63) is 16.8 Å². The van der Waals surface area contributed by atoms with E-state index >= 15 is 0 Å². The molecule has 0 bridgehead atoms. The first kappa shape index (κ1) is 21.4. The highest BCUT2D eigenvalue weighted by Crippen LogP contribution is 2.42. The third-order valence-corrected chi connectivity index (χ3v) is 7.83. The summed E-state index contributed by atoms with van der Waals surface area (Å²) in [6.07, 6.45) is 6.63. The molecule has 0 aromatic carbocycles. The molecule has 1 fully saturated rings. The molecule has 1 aliphatic heterocycles. The second-order valence-corrected chi connectivity index (χ2v) is 10.6. The Hall–Kier alpha value is -1.48. The molecule has 0 amide bonds. The highest BCUT2D eigenvalue weighted by molar-refractivity contribution is 7.98. The van der Waals surface area contributed by atoms with E-state index in [1.165, 1.54) is 28.6 Å². The molecule has 0 spiro atoms. The molecule has 1 saturated heterocycles. The fraction of sp³-hybridized carbons (Fsp3) is 0.609. The second-order valence-electron chi connectivity index (χ2n) is 8.87. The Kier molecular flexibility index (Phi) is 6.32. The molecule has 166 valence electrons. The Morgan fingerprint density at radius 2 is 1.94 bits per heavy atom. The highest BCUT2D eigenvalue weighted by atomic mass is 32.2. The Morgan fingerprint density at radius 3 is 2.71 bits per heavy atom. The maximum atomic E-state index is 5.47. The summed E-state index contributed by atoms with van der Waals surface area (Å²) in [4.78, 5) is 18.6. The number of aryl methyl sites for hydroxylation is 1. The van der Waals surface area contributed by atoms with Gasteiger partial charge in [0.15, 0.2) is 5.16 Å². The van der Waals surface area contributed by atoms with Crippen molar-refractivity contribution in [3.63, 3.8) is 0 Å². The van der Waals surface area contributed by atoms with E-state index in [1.807, 2.05) is 0 Å². The summed E-state index contributed by atoms with van der Waals surface area (Å²) in [7, 11) is 0. The number of rotatable bonds is 7. The van der Waals surface area contributed by atoms with Gasteiger partial charge in [0.05, 0.1) is 23.4 Å². The highest BCUT2D eigenvalue weighted by Gasteiger charge is 2.25. The van der Waals surface area contributed by atoms with E-state index in [0.717, 1.165) is 84.7 Å². The van der Waals surface area contributed by atoms with Crippen LogP contribution in [-0.2, 0) is 24.0 Å². The number of hydrogen-bond acceptors (Lipinski definition) is 8. The summed E-state index contributed by atoms with van der Waals surface area (Å²) in [5, 5.41) is 5.74. The van der Waals surface area contributed by atoms with Crippen molar-refractivity contribution in [3.8, 4) is 0 Å². The van der Waals surface area contributed by atoms with Crippen LogP contribution in [0.4, 0.5) is 5.82 Å². The second kappa shape index (κ2) is 9.17. The topological polar surface area (TPSA) is 63.2 Å². The smallest absolute Gasteiger partial charge is 0.189 e. The number of morpholine rings is 1. The number of anilines is 1. The standard InChI is InChI=1S/C23H31N5OS2/c1-14(2)13-17-15-5-4-6-16(15)18-19-20(31-22(18)25-17)21(27-23(26-19)30-3)24-7-8-28-9-11-29-12-10-28/h14H,4-13H2,1-3H3,(H,24,26,27). The Bertz CT molecular complexity index is 1090. The molecular formula is C23H31N5OS2. The number of hydrogen-bond donors (Lipinski definition) is 1. The van der Waals surface area contributed by atoms with E-state index in [4.69, 9.17) is 19.7 Å². The van der Waals surface area contributed by atoms with Gasteiger partial charge in [-0.25, -0.2) is 15.0 Å². The lowest BCUT2D eigenvalue weighted by molar-refractivity contribution is 0.0398. The van der Waals surface area contributed by atoms with Crippen LogP contribution in [0.5, 0.6) is 0 Å². The summed E-state index contributed by atoms with van der Waals surface area (Å²) in [5.74, 6) is 1.58. The van der Waals surface area contributed by atoms with Crippen LogP contribution in [0.3, 0.4) is 0 Å². The number of nitrogens with one attached hydrogen (secondary N) is 1. The lowest BCUT2D eigenvalue weighted by Crippen LogP contribution is -2.39. The van der Waals surface area contributed by atoms with Gasteiger partial charge in [0.25, 0.3) is 0 Å². The predicted octanol–water partition coefficient (Wildman–Crippen LogP) is 4.39. The van der Waals surface area contributed by atoms with Gasteiger partial charge >= 0.3 is 0 Å². The number of fused-ring (bicyclic) bond motifs is 5. The molecule has 8 heteroatoms. The van der Waals surface area contributed by atoms with Gasteiger partial charge in [-0.1, -0.05) is 25.6 Å². The summed E-state index contributed by atoms with van der Waals surface area (Å²) in [6, 6.07) is 0. The lowest BCUT2D eigenvalue weighted by Gasteiger charge is -2.26. The zero-order valence-electron chi connectivity index (χ0n) is 18.7. The van der Waals surface area contributed by atoms with Crippen LogP contribution in [0.2, 0.25) is 0 Å². The van der Waals surface area contributed by atoms with Gasteiger partial charge in [0.2, 0.25) is 0 Å². The van der Waals surface area contributed by atoms with Gasteiger partial charge in [-0.05, 0) is 49.0 Å². The van der Waals surface area contributed by atoms with Crippen LogP contribution in [0.25, 0.3) is 20.4 Å². The van der Waals surface area contributed by atoms with Crippen molar-refractivity contribution < 1.29 is 4.74 Å². The first-order valence-corrected chi connectivity index (χ1v) is 13.4. The summed E-state index contributed by atoms with van der Waals surface area (Å²) in [6.45, 7) is 10.1. The van der Waals surface area contributed by atoms with E-state index in [0.29, 0.717) is 5.92 Å². The van der Waals surface area contributed by atoms with Gasteiger partial charge < -0.3 is 10.1 Å². The molecule has 0 radical (unpaired) electrons. The number of aromatic nitrogens is 3. The SMILES string of the molecule is CSc1nc(NCCN2CCOCC2)c2sc3nc(CC(C)C)c4c(c3c2n1)CCC4. The Balaban J connectivity index is 1.54. The molecule has 1 N–H and O–H groups in total. The number of ether oxygens (including phenoxy) is 1.